The van der Waals surface area contributed by atoms with Crippen molar-refractivity contribution in [3.05, 3.63) is 64.4 Å². The van der Waals surface area contributed by atoms with Crippen molar-refractivity contribution in [1.82, 2.24) is 10.7 Å². The van der Waals surface area contributed by atoms with E-state index >= 15 is 0 Å². The highest BCUT2D eigenvalue weighted by molar-refractivity contribution is 6.35. The largest absolute Gasteiger partial charge is 0.487 e. The van der Waals surface area contributed by atoms with Gasteiger partial charge in [0.2, 0.25) is 0 Å². The molecule has 0 aliphatic heterocycles. The maximum absolute atomic E-state index is 12.9. The Balaban J connectivity index is 1.51. The van der Waals surface area contributed by atoms with Gasteiger partial charge in [-0.25, -0.2) is 9.82 Å². The molecule has 0 radical (unpaired) electrons. The van der Waals surface area contributed by atoms with E-state index in [-0.39, 0.29) is 18.5 Å². The number of ether oxygens (including phenoxy) is 1. The van der Waals surface area contributed by atoms with Crippen LogP contribution < -0.4 is 15.5 Å². The van der Waals surface area contributed by atoms with Crippen molar-refractivity contribution >= 4 is 29.6 Å². The molecular formula is C19H17ClFN3O3. The Morgan fingerprint density at radius 2 is 1.93 bits per heavy atom. The van der Waals surface area contributed by atoms with E-state index in [0.29, 0.717) is 16.3 Å². The molecule has 2 aromatic carbocycles. The van der Waals surface area contributed by atoms with Crippen molar-refractivity contribution in [2.75, 3.05) is 0 Å². The van der Waals surface area contributed by atoms with Crippen LogP contribution in [0.3, 0.4) is 0 Å². The molecule has 1 aliphatic carbocycles. The number of benzene rings is 2. The van der Waals surface area contributed by atoms with Crippen LogP contribution in [0, 0.1) is 5.82 Å². The van der Waals surface area contributed by atoms with E-state index in [9.17, 15) is 14.0 Å². The maximum atomic E-state index is 12.9. The smallest absolute Gasteiger partial charge is 0.329 e. The monoisotopic (exact) mass is 389 g/mol. The molecule has 2 aromatic rings. The molecule has 0 unspecified atom stereocenters. The second-order valence-corrected chi connectivity index (χ2v) is 6.46. The van der Waals surface area contributed by atoms with E-state index in [1.807, 2.05) is 0 Å². The number of hydrogen-bond acceptors (Lipinski definition) is 4. The fourth-order valence-corrected chi connectivity index (χ4v) is 2.39. The first kappa shape index (κ1) is 18.8. The van der Waals surface area contributed by atoms with E-state index in [1.165, 1.54) is 18.3 Å². The number of carbonyl (C=O) groups is 2. The van der Waals surface area contributed by atoms with Crippen molar-refractivity contribution < 1.29 is 18.7 Å². The fourth-order valence-electron chi connectivity index (χ4n) is 2.15. The molecule has 8 heteroatoms. The predicted octanol–water partition coefficient (Wildman–Crippen LogP) is 2.79. The molecule has 1 fully saturated rings. The van der Waals surface area contributed by atoms with E-state index in [2.05, 4.69) is 15.8 Å². The highest BCUT2D eigenvalue weighted by Crippen LogP contribution is 2.26. The van der Waals surface area contributed by atoms with E-state index in [4.69, 9.17) is 16.3 Å². The number of amides is 2. The second kappa shape index (κ2) is 8.64. The van der Waals surface area contributed by atoms with Gasteiger partial charge in [-0.05, 0) is 54.3 Å². The quantitative estimate of drug-likeness (QED) is 0.453. The molecule has 1 saturated carbocycles. The molecule has 0 spiro atoms. The lowest BCUT2D eigenvalue weighted by molar-refractivity contribution is -0.139. The average Bonchev–Trinajstić information content (AvgIpc) is 3.46. The van der Waals surface area contributed by atoms with Gasteiger partial charge in [0.1, 0.15) is 18.2 Å². The highest BCUT2D eigenvalue weighted by atomic mass is 35.5. The second-order valence-electron chi connectivity index (χ2n) is 6.05. The molecule has 6 nitrogen and oxygen atoms in total. The number of nitrogens with one attached hydrogen (secondary N) is 2. The zero-order valence-electron chi connectivity index (χ0n) is 14.2. The number of nitrogens with zero attached hydrogens (tertiary/aromatic N) is 1. The zero-order chi connectivity index (χ0) is 19.2. The first-order valence-corrected chi connectivity index (χ1v) is 8.70. The molecule has 3 rings (SSSR count). The van der Waals surface area contributed by atoms with Gasteiger partial charge in [0.15, 0.2) is 0 Å². The van der Waals surface area contributed by atoms with Crippen LogP contribution in [-0.2, 0) is 16.2 Å². The van der Waals surface area contributed by atoms with Crippen molar-refractivity contribution in [3.8, 4) is 5.75 Å². The van der Waals surface area contributed by atoms with Gasteiger partial charge >= 0.3 is 11.8 Å². The van der Waals surface area contributed by atoms with E-state index in [0.717, 1.165) is 18.4 Å². The number of halogens is 2. The highest BCUT2D eigenvalue weighted by Gasteiger charge is 2.26. The topological polar surface area (TPSA) is 79.8 Å². The summed E-state index contributed by atoms with van der Waals surface area (Å²) in [5.74, 6) is -1.36. The van der Waals surface area contributed by atoms with Crippen LogP contribution in [0.2, 0.25) is 5.02 Å². The third-order valence-electron chi connectivity index (χ3n) is 3.76. The number of hydrazone groups is 1. The summed E-state index contributed by atoms with van der Waals surface area (Å²) in [5.41, 5.74) is 3.60. The first-order valence-electron chi connectivity index (χ1n) is 8.32. The van der Waals surface area contributed by atoms with Gasteiger partial charge in [-0.3, -0.25) is 9.59 Å². The van der Waals surface area contributed by atoms with Crippen molar-refractivity contribution in [3.63, 3.8) is 0 Å². The van der Waals surface area contributed by atoms with Crippen LogP contribution in [0.1, 0.15) is 24.0 Å². The molecule has 2 N–H and O–H groups in total. The van der Waals surface area contributed by atoms with Crippen LogP contribution in [-0.4, -0.2) is 24.1 Å². The Bertz CT molecular complexity index is 867. The molecule has 140 valence electrons. The summed E-state index contributed by atoms with van der Waals surface area (Å²) in [5, 5.41) is 6.67. The first-order chi connectivity index (χ1) is 13.0. The molecule has 0 atom stereocenters. The fraction of sp³-hybridized carbons (Fsp3) is 0.211. The lowest BCUT2D eigenvalue weighted by atomic mass is 10.2. The summed E-state index contributed by atoms with van der Waals surface area (Å²) in [7, 11) is 0. The van der Waals surface area contributed by atoms with Crippen LogP contribution in [0.4, 0.5) is 4.39 Å². The zero-order valence-corrected chi connectivity index (χ0v) is 15.0. The summed E-state index contributed by atoms with van der Waals surface area (Å²) >= 11 is 6.18. The molecule has 0 bridgehead atoms. The van der Waals surface area contributed by atoms with Crippen molar-refractivity contribution in [1.29, 1.82) is 0 Å². The molecule has 1 aliphatic rings. The van der Waals surface area contributed by atoms with Crippen LogP contribution in [0.15, 0.2) is 47.6 Å². The van der Waals surface area contributed by atoms with Gasteiger partial charge in [0.25, 0.3) is 0 Å². The maximum Gasteiger partial charge on any atom is 0.329 e. The Hall–Kier alpha value is -2.93. The SMILES string of the molecule is O=C(N/N=C\c1ccc(OCc2ccc(F)cc2)c(Cl)c1)C(=O)NC1CC1. The van der Waals surface area contributed by atoms with Crippen LogP contribution in [0.5, 0.6) is 5.75 Å². The molecular weight excluding hydrogens is 373 g/mol. The molecule has 27 heavy (non-hydrogen) atoms. The summed E-state index contributed by atoms with van der Waals surface area (Å²) in [6, 6.07) is 11.1. The minimum Gasteiger partial charge on any atom is -0.487 e. The number of rotatable bonds is 6. The lowest BCUT2D eigenvalue weighted by Gasteiger charge is -2.08. The van der Waals surface area contributed by atoms with Crippen molar-refractivity contribution in [2.45, 2.75) is 25.5 Å². The summed E-state index contributed by atoms with van der Waals surface area (Å²) < 4.78 is 18.5. The minimum absolute atomic E-state index is 0.105. The Kier molecular flexibility index (Phi) is 6.03. The average molecular weight is 390 g/mol. The molecule has 2 amide bonds. The summed E-state index contributed by atoms with van der Waals surface area (Å²) in [4.78, 5) is 23.0. The number of carbonyl (C=O) groups excluding carboxylic acids is 2. The van der Waals surface area contributed by atoms with Crippen molar-refractivity contribution in [2.24, 2.45) is 5.10 Å². The van der Waals surface area contributed by atoms with Gasteiger partial charge in [-0.15, -0.1) is 0 Å². The van der Waals surface area contributed by atoms with E-state index in [1.54, 1.807) is 30.3 Å². The van der Waals surface area contributed by atoms with Gasteiger partial charge in [-0.1, -0.05) is 23.7 Å². The Labute approximate surface area is 160 Å². The van der Waals surface area contributed by atoms with Gasteiger partial charge in [-0.2, -0.15) is 5.10 Å². The van der Waals surface area contributed by atoms with Gasteiger partial charge in [0.05, 0.1) is 11.2 Å². The van der Waals surface area contributed by atoms with Gasteiger partial charge < -0.3 is 10.1 Å². The van der Waals surface area contributed by atoms with E-state index < -0.39 is 11.8 Å². The summed E-state index contributed by atoms with van der Waals surface area (Å²) in [6.07, 6.45) is 3.17. The third-order valence-corrected chi connectivity index (χ3v) is 4.06. The third kappa shape index (κ3) is 5.79. The van der Waals surface area contributed by atoms with Crippen LogP contribution >= 0.6 is 11.6 Å². The minimum atomic E-state index is -0.816. The normalized spacial score (nSPS) is 13.4. The summed E-state index contributed by atoms with van der Waals surface area (Å²) in [6.45, 7) is 0.250. The Morgan fingerprint density at radius 3 is 2.59 bits per heavy atom. The molecule has 0 aromatic heterocycles. The van der Waals surface area contributed by atoms with Crippen LogP contribution in [0.25, 0.3) is 0 Å². The number of hydrogen-bond donors (Lipinski definition) is 2. The molecule has 0 heterocycles. The molecule has 0 saturated heterocycles. The standard InChI is InChI=1S/C19H17ClFN3O3/c20-16-9-13(10-22-24-19(26)18(25)23-15-6-7-15)3-8-17(16)27-11-12-1-4-14(21)5-2-12/h1-5,8-10,15H,6-7,11H2,(H,23,25)(H,24,26)/b22-10-. The Morgan fingerprint density at radius 1 is 1.19 bits per heavy atom. The predicted molar refractivity (Wildman–Crippen MR) is 99.1 cm³/mol. The van der Waals surface area contributed by atoms with Gasteiger partial charge in [0, 0.05) is 6.04 Å². The lowest BCUT2D eigenvalue weighted by Crippen LogP contribution is -2.38.